The lowest BCUT2D eigenvalue weighted by molar-refractivity contribution is -0.124. The Kier molecular flexibility index (Phi) is 4.69. The molecule has 0 unspecified atom stereocenters. The number of aromatic nitrogens is 1. The number of carbonyl (C=O) groups excluding carboxylic acids is 3. The average molecular weight is 418 g/mol. The molecule has 4 amide bonds. The van der Waals surface area contributed by atoms with Gasteiger partial charge in [-0.05, 0) is 31.0 Å². The van der Waals surface area contributed by atoms with Crippen LogP contribution in [0.25, 0.3) is 22.2 Å². The maximum absolute atomic E-state index is 13.1. The fourth-order valence-electron chi connectivity index (χ4n) is 4.34. The van der Waals surface area contributed by atoms with Gasteiger partial charge >= 0.3 is 6.03 Å². The summed E-state index contributed by atoms with van der Waals surface area (Å²) in [4.78, 5) is 41.8. The number of likely N-dealkylation sites (N-methyl/N-ethyl adjacent to an activating group) is 1. The SMILES string of the molecule is CN1C(=O)CN(C2CCN(C(=O)c3ccc4noc(-c5ccccc5)c4c3)CC2)C1=O. The van der Waals surface area contributed by atoms with Crippen LogP contribution in [0.4, 0.5) is 4.79 Å². The van der Waals surface area contributed by atoms with Crippen LogP contribution in [0.15, 0.2) is 53.1 Å². The van der Waals surface area contributed by atoms with Crippen LogP contribution >= 0.6 is 0 Å². The third-order valence-electron chi connectivity index (χ3n) is 6.16. The molecule has 2 saturated heterocycles. The highest BCUT2D eigenvalue weighted by Gasteiger charge is 2.39. The molecule has 0 N–H and O–H groups in total. The number of rotatable bonds is 3. The van der Waals surface area contributed by atoms with Crippen LogP contribution in [0.2, 0.25) is 0 Å². The number of likely N-dealkylation sites (tertiary alicyclic amines) is 1. The lowest BCUT2D eigenvalue weighted by Crippen LogP contribution is -2.47. The molecule has 3 heterocycles. The van der Waals surface area contributed by atoms with Gasteiger partial charge in [-0.1, -0.05) is 35.5 Å². The number of piperidine rings is 1. The van der Waals surface area contributed by atoms with E-state index in [9.17, 15) is 14.4 Å². The second-order valence-corrected chi connectivity index (χ2v) is 8.00. The van der Waals surface area contributed by atoms with Crippen LogP contribution in [-0.4, -0.2) is 70.4 Å². The van der Waals surface area contributed by atoms with Gasteiger partial charge in [0.2, 0.25) is 5.91 Å². The molecule has 2 aromatic carbocycles. The highest BCUT2D eigenvalue weighted by atomic mass is 16.5. The lowest BCUT2D eigenvalue weighted by Gasteiger charge is -2.36. The summed E-state index contributed by atoms with van der Waals surface area (Å²) in [6.07, 6.45) is 1.31. The zero-order valence-corrected chi connectivity index (χ0v) is 17.2. The summed E-state index contributed by atoms with van der Waals surface area (Å²) >= 11 is 0. The first-order valence-electron chi connectivity index (χ1n) is 10.3. The Hall–Kier alpha value is -3.68. The van der Waals surface area contributed by atoms with Crippen molar-refractivity contribution in [1.29, 1.82) is 0 Å². The second-order valence-electron chi connectivity index (χ2n) is 8.00. The summed E-state index contributed by atoms with van der Waals surface area (Å²) in [7, 11) is 1.51. The van der Waals surface area contributed by atoms with Gasteiger partial charge in [-0.3, -0.25) is 14.5 Å². The van der Waals surface area contributed by atoms with Crippen LogP contribution in [0.1, 0.15) is 23.2 Å². The monoisotopic (exact) mass is 418 g/mol. The number of carbonyl (C=O) groups is 3. The molecule has 0 saturated carbocycles. The average Bonchev–Trinajstić information content (AvgIpc) is 3.35. The Bertz CT molecular complexity index is 1160. The first-order valence-corrected chi connectivity index (χ1v) is 10.3. The lowest BCUT2D eigenvalue weighted by atomic mass is 10.0. The zero-order chi connectivity index (χ0) is 21.5. The fourth-order valence-corrected chi connectivity index (χ4v) is 4.34. The smallest absolute Gasteiger partial charge is 0.327 e. The zero-order valence-electron chi connectivity index (χ0n) is 17.2. The van der Waals surface area contributed by atoms with Gasteiger partial charge in [0.1, 0.15) is 12.1 Å². The summed E-state index contributed by atoms with van der Waals surface area (Å²) in [6, 6.07) is 14.8. The number of nitrogens with zero attached hydrogens (tertiary/aromatic N) is 4. The van der Waals surface area contributed by atoms with Crippen LogP contribution in [0, 0.1) is 0 Å². The Balaban J connectivity index is 1.32. The van der Waals surface area contributed by atoms with Crippen molar-refractivity contribution in [2.75, 3.05) is 26.7 Å². The Morgan fingerprint density at radius 1 is 1.06 bits per heavy atom. The number of hydrogen-bond donors (Lipinski definition) is 0. The summed E-state index contributed by atoms with van der Waals surface area (Å²) < 4.78 is 5.54. The Morgan fingerprint density at radius 2 is 1.81 bits per heavy atom. The molecular formula is C23H22N4O4. The molecule has 0 bridgehead atoms. The van der Waals surface area contributed by atoms with Crippen LogP contribution in [0.5, 0.6) is 0 Å². The summed E-state index contributed by atoms with van der Waals surface area (Å²) in [5, 5.41) is 4.91. The van der Waals surface area contributed by atoms with E-state index in [2.05, 4.69) is 5.16 Å². The van der Waals surface area contributed by atoms with Crippen LogP contribution < -0.4 is 0 Å². The molecule has 0 radical (unpaired) electrons. The fraction of sp³-hybridized carbons (Fsp3) is 0.304. The number of benzene rings is 2. The molecule has 0 atom stereocenters. The molecule has 2 aliphatic rings. The van der Waals surface area contributed by atoms with Crippen molar-refractivity contribution in [3.63, 3.8) is 0 Å². The quantitative estimate of drug-likeness (QED) is 0.611. The van der Waals surface area contributed by atoms with Crippen molar-refractivity contribution in [2.24, 2.45) is 0 Å². The third kappa shape index (κ3) is 3.34. The van der Waals surface area contributed by atoms with Gasteiger partial charge < -0.3 is 14.3 Å². The molecule has 2 aliphatic heterocycles. The topological polar surface area (TPSA) is 87.0 Å². The van der Waals surface area contributed by atoms with Gasteiger partial charge in [0.05, 0.1) is 5.39 Å². The predicted molar refractivity (Wildman–Crippen MR) is 113 cm³/mol. The molecule has 8 nitrogen and oxygen atoms in total. The Morgan fingerprint density at radius 3 is 2.48 bits per heavy atom. The van der Waals surface area contributed by atoms with Crippen molar-refractivity contribution < 1.29 is 18.9 Å². The standard InChI is InChI=1S/C23H22N4O4/c1-25-20(28)14-27(23(25)30)17-9-11-26(12-10-17)22(29)16-7-8-19-18(13-16)21(31-24-19)15-5-3-2-4-6-15/h2-8,13,17H,9-12,14H2,1H3. The minimum Gasteiger partial charge on any atom is -0.355 e. The Labute approximate surface area is 179 Å². The van der Waals surface area contributed by atoms with Gasteiger partial charge in [-0.2, -0.15) is 0 Å². The molecule has 8 heteroatoms. The number of hydrogen-bond acceptors (Lipinski definition) is 5. The normalized spacial score (nSPS) is 17.8. The van der Waals surface area contributed by atoms with Crippen molar-refractivity contribution in [2.45, 2.75) is 18.9 Å². The van der Waals surface area contributed by atoms with Crippen molar-refractivity contribution in [1.82, 2.24) is 19.9 Å². The molecule has 158 valence electrons. The number of urea groups is 1. The first-order chi connectivity index (χ1) is 15.0. The first kappa shape index (κ1) is 19.3. The van der Waals surface area contributed by atoms with E-state index in [-0.39, 0.29) is 30.4 Å². The van der Waals surface area contributed by atoms with Crippen LogP contribution in [0.3, 0.4) is 0 Å². The number of imide groups is 1. The van der Waals surface area contributed by atoms with Gasteiger partial charge in [-0.15, -0.1) is 0 Å². The highest BCUT2D eigenvalue weighted by Crippen LogP contribution is 2.30. The number of fused-ring (bicyclic) bond motifs is 1. The summed E-state index contributed by atoms with van der Waals surface area (Å²) in [5.41, 5.74) is 2.19. The minimum absolute atomic E-state index is 0.0179. The van der Waals surface area contributed by atoms with E-state index in [4.69, 9.17) is 4.52 Å². The van der Waals surface area contributed by atoms with E-state index in [1.54, 1.807) is 21.9 Å². The van der Waals surface area contributed by atoms with Crippen molar-refractivity contribution in [3.8, 4) is 11.3 Å². The second kappa shape index (κ2) is 7.54. The molecule has 3 aromatic rings. The maximum Gasteiger partial charge on any atom is 0.327 e. The van der Waals surface area contributed by atoms with Gasteiger partial charge in [0, 0.05) is 37.3 Å². The van der Waals surface area contributed by atoms with E-state index in [0.29, 0.717) is 42.8 Å². The molecule has 2 fully saturated rings. The molecule has 1 aromatic heterocycles. The van der Waals surface area contributed by atoms with E-state index in [1.165, 1.54) is 7.05 Å². The van der Waals surface area contributed by atoms with E-state index in [1.807, 2.05) is 36.4 Å². The highest BCUT2D eigenvalue weighted by molar-refractivity contribution is 6.02. The van der Waals surface area contributed by atoms with E-state index in [0.717, 1.165) is 15.8 Å². The van der Waals surface area contributed by atoms with Crippen molar-refractivity contribution >= 4 is 28.7 Å². The predicted octanol–water partition coefficient (Wildman–Crippen LogP) is 2.99. The molecule has 5 rings (SSSR count). The van der Waals surface area contributed by atoms with Gasteiger partial charge in [-0.25, -0.2) is 4.79 Å². The molecule has 31 heavy (non-hydrogen) atoms. The molecular weight excluding hydrogens is 396 g/mol. The number of amides is 4. The van der Waals surface area contributed by atoms with Crippen LogP contribution in [-0.2, 0) is 4.79 Å². The van der Waals surface area contributed by atoms with E-state index >= 15 is 0 Å². The largest absolute Gasteiger partial charge is 0.355 e. The summed E-state index contributed by atoms with van der Waals surface area (Å²) in [5.74, 6) is 0.409. The van der Waals surface area contributed by atoms with Gasteiger partial charge in [0.25, 0.3) is 5.91 Å². The van der Waals surface area contributed by atoms with Crippen molar-refractivity contribution in [3.05, 3.63) is 54.1 Å². The van der Waals surface area contributed by atoms with E-state index < -0.39 is 0 Å². The molecule has 0 aliphatic carbocycles. The maximum atomic E-state index is 13.1. The third-order valence-corrected chi connectivity index (χ3v) is 6.16. The summed E-state index contributed by atoms with van der Waals surface area (Å²) in [6.45, 7) is 1.21. The molecule has 0 spiro atoms. The minimum atomic E-state index is -0.249. The van der Waals surface area contributed by atoms with Gasteiger partial charge in [0.15, 0.2) is 5.76 Å².